The Labute approximate surface area is 138 Å². The van der Waals surface area contributed by atoms with Crippen LogP contribution in [0.5, 0.6) is 5.75 Å². The average Bonchev–Trinajstić information content (AvgIpc) is 2.83. The van der Waals surface area contributed by atoms with E-state index in [0.717, 1.165) is 38.7 Å². The van der Waals surface area contributed by atoms with Crippen LogP contribution in [0.1, 0.15) is 49.7 Å². The maximum atomic E-state index is 12.5. The first-order chi connectivity index (χ1) is 11.0. The first-order valence-electron chi connectivity index (χ1n) is 8.88. The summed E-state index contributed by atoms with van der Waals surface area (Å²) in [5.74, 6) is 2.84. The van der Waals surface area contributed by atoms with Crippen LogP contribution >= 0.6 is 0 Å². The van der Waals surface area contributed by atoms with E-state index in [-0.39, 0.29) is 5.41 Å². The van der Waals surface area contributed by atoms with E-state index in [0.29, 0.717) is 35.2 Å². The smallest absolute Gasteiger partial charge is 0.139 e. The van der Waals surface area contributed by atoms with E-state index in [4.69, 9.17) is 4.74 Å². The van der Waals surface area contributed by atoms with Crippen LogP contribution in [0.15, 0.2) is 18.2 Å². The van der Waals surface area contributed by atoms with Crippen LogP contribution in [0.2, 0.25) is 0 Å². The summed E-state index contributed by atoms with van der Waals surface area (Å²) in [7, 11) is 1.77. The fraction of sp³-hybridized carbons (Fsp3) is 0.650. The Bertz CT molecular complexity index is 638. The second-order valence-corrected chi connectivity index (χ2v) is 8.01. The summed E-state index contributed by atoms with van der Waals surface area (Å²) in [4.78, 5) is 12.5. The van der Waals surface area contributed by atoms with E-state index in [1.54, 1.807) is 7.11 Å². The topological polar surface area (TPSA) is 46.5 Å². The average molecular weight is 314 g/mol. The Balaban J connectivity index is 1.77. The highest BCUT2D eigenvalue weighted by atomic mass is 16.5. The summed E-state index contributed by atoms with van der Waals surface area (Å²) in [5, 5.41) is 9.85. The Hall–Kier alpha value is -1.35. The van der Waals surface area contributed by atoms with E-state index >= 15 is 0 Å². The second-order valence-electron chi connectivity index (χ2n) is 8.01. The molecule has 5 atom stereocenters. The molecule has 0 aromatic heterocycles. The lowest BCUT2D eigenvalue weighted by Crippen LogP contribution is -2.47. The number of ketones is 1. The first kappa shape index (κ1) is 15.2. The predicted molar refractivity (Wildman–Crippen MR) is 88.5 cm³/mol. The number of phenolic OH excluding ortho intramolecular Hbond substituents is 1. The summed E-state index contributed by atoms with van der Waals surface area (Å²) in [6, 6.07) is 5.87. The molecule has 1 aromatic carbocycles. The molecule has 3 nitrogen and oxygen atoms in total. The molecule has 0 aliphatic heterocycles. The van der Waals surface area contributed by atoms with Crippen molar-refractivity contribution < 1.29 is 14.6 Å². The van der Waals surface area contributed by atoms with Gasteiger partial charge in [0.2, 0.25) is 0 Å². The lowest BCUT2D eigenvalue weighted by atomic mass is 9.53. The van der Waals surface area contributed by atoms with Crippen molar-refractivity contribution in [1.29, 1.82) is 0 Å². The molecule has 23 heavy (non-hydrogen) atoms. The fourth-order valence-corrected chi connectivity index (χ4v) is 5.92. The van der Waals surface area contributed by atoms with Crippen LogP contribution in [0.25, 0.3) is 0 Å². The highest BCUT2D eigenvalue weighted by Crippen LogP contribution is 2.61. The van der Waals surface area contributed by atoms with Crippen LogP contribution in [-0.4, -0.2) is 24.6 Å². The number of phenols is 1. The summed E-state index contributed by atoms with van der Waals surface area (Å²) in [6.45, 7) is 2.95. The highest BCUT2D eigenvalue weighted by Gasteiger charge is 2.56. The SMILES string of the molecule is COC[C@@H]1Cc2cc(O)ccc2[C@H]2CC[C@]3(C)C(=O)CC[C@H]3[C@H]12. The summed E-state index contributed by atoms with van der Waals surface area (Å²) < 4.78 is 5.54. The number of hydrogen-bond acceptors (Lipinski definition) is 3. The van der Waals surface area contributed by atoms with Gasteiger partial charge < -0.3 is 9.84 Å². The van der Waals surface area contributed by atoms with E-state index in [1.807, 2.05) is 12.1 Å². The molecular weight excluding hydrogens is 288 g/mol. The zero-order valence-electron chi connectivity index (χ0n) is 14.0. The van der Waals surface area contributed by atoms with Crippen molar-refractivity contribution >= 4 is 5.78 Å². The standard InChI is InChI=1S/C20H26O3/c1-20-8-7-16-15-4-3-14(21)10-12(15)9-13(11-23-2)19(16)17(20)5-6-18(20)22/h3-4,10,13,16-17,19,21H,5-9,11H2,1-2H3/t13-,16+,17-,19+,20-/m0/s1. The molecule has 3 aliphatic rings. The number of benzene rings is 1. The van der Waals surface area contributed by atoms with Gasteiger partial charge in [-0.3, -0.25) is 4.79 Å². The minimum atomic E-state index is -0.110. The molecule has 0 spiro atoms. The number of fused-ring (bicyclic) bond motifs is 5. The van der Waals surface area contributed by atoms with E-state index in [9.17, 15) is 9.90 Å². The number of hydrogen-bond donors (Lipinski definition) is 1. The lowest BCUT2D eigenvalue weighted by molar-refractivity contribution is -0.130. The maximum absolute atomic E-state index is 12.5. The molecule has 1 aromatic rings. The van der Waals surface area contributed by atoms with Crippen molar-refractivity contribution in [2.45, 2.75) is 44.9 Å². The van der Waals surface area contributed by atoms with Gasteiger partial charge in [0, 0.05) is 25.6 Å². The minimum Gasteiger partial charge on any atom is -0.508 e. The molecule has 0 bridgehead atoms. The van der Waals surface area contributed by atoms with Crippen molar-refractivity contribution in [3.63, 3.8) is 0 Å². The van der Waals surface area contributed by atoms with E-state index < -0.39 is 0 Å². The van der Waals surface area contributed by atoms with Crippen LogP contribution in [0.4, 0.5) is 0 Å². The molecule has 0 amide bonds. The van der Waals surface area contributed by atoms with Gasteiger partial charge in [0.05, 0.1) is 0 Å². The molecule has 0 saturated heterocycles. The lowest BCUT2D eigenvalue weighted by Gasteiger charge is -2.51. The van der Waals surface area contributed by atoms with E-state index in [2.05, 4.69) is 13.0 Å². The number of carbonyl (C=O) groups excluding carboxylic acids is 1. The Morgan fingerprint density at radius 3 is 2.96 bits per heavy atom. The van der Waals surface area contributed by atoms with E-state index in [1.165, 1.54) is 11.1 Å². The molecule has 0 radical (unpaired) electrons. The van der Waals surface area contributed by atoms with Crippen molar-refractivity contribution in [1.82, 2.24) is 0 Å². The molecule has 3 heteroatoms. The second kappa shape index (κ2) is 5.34. The largest absolute Gasteiger partial charge is 0.508 e. The van der Waals surface area contributed by atoms with Crippen LogP contribution < -0.4 is 0 Å². The number of carbonyl (C=O) groups is 1. The normalized spacial score (nSPS) is 38.8. The molecule has 1 N–H and O–H groups in total. The van der Waals surface area contributed by atoms with Crippen LogP contribution in [-0.2, 0) is 16.0 Å². The van der Waals surface area contributed by atoms with Crippen molar-refractivity contribution in [3.05, 3.63) is 29.3 Å². The van der Waals surface area contributed by atoms with Crippen LogP contribution in [0, 0.1) is 23.2 Å². The number of methoxy groups -OCH3 is 1. The third-order valence-corrected chi connectivity index (χ3v) is 6.97. The molecule has 124 valence electrons. The number of rotatable bonds is 2. The summed E-state index contributed by atoms with van der Waals surface area (Å²) in [6.07, 6.45) is 4.86. The van der Waals surface area contributed by atoms with Gasteiger partial charge in [-0.1, -0.05) is 13.0 Å². The minimum absolute atomic E-state index is 0.110. The fourth-order valence-electron chi connectivity index (χ4n) is 5.92. The zero-order valence-corrected chi connectivity index (χ0v) is 14.0. The molecule has 3 aliphatic carbocycles. The third-order valence-electron chi connectivity index (χ3n) is 6.97. The third kappa shape index (κ3) is 2.16. The summed E-state index contributed by atoms with van der Waals surface area (Å²) >= 11 is 0. The first-order valence-corrected chi connectivity index (χ1v) is 8.88. The monoisotopic (exact) mass is 314 g/mol. The molecule has 4 rings (SSSR count). The van der Waals surface area contributed by atoms with Gasteiger partial charge in [-0.15, -0.1) is 0 Å². The molecule has 0 unspecified atom stereocenters. The molecule has 0 heterocycles. The number of Topliss-reactive ketones (excluding diaryl/α,β-unsaturated/α-hetero) is 1. The van der Waals surface area contributed by atoms with Gasteiger partial charge in [-0.25, -0.2) is 0 Å². The van der Waals surface area contributed by atoms with Crippen molar-refractivity contribution in [2.24, 2.45) is 23.2 Å². The Morgan fingerprint density at radius 1 is 1.35 bits per heavy atom. The van der Waals surface area contributed by atoms with Crippen LogP contribution in [0.3, 0.4) is 0 Å². The quantitative estimate of drug-likeness (QED) is 0.905. The van der Waals surface area contributed by atoms with Crippen molar-refractivity contribution in [2.75, 3.05) is 13.7 Å². The zero-order chi connectivity index (χ0) is 16.2. The van der Waals surface area contributed by atoms with Gasteiger partial charge in [0.15, 0.2) is 0 Å². The van der Waals surface area contributed by atoms with Gasteiger partial charge in [0.25, 0.3) is 0 Å². The Morgan fingerprint density at radius 2 is 2.17 bits per heavy atom. The molecule has 2 saturated carbocycles. The van der Waals surface area contributed by atoms with Crippen molar-refractivity contribution in [3.8, 4) is 5.75 Å². The van der Waals surface area contributed by atoms with Gasteiger partial charge in [-0.2, -0.15) is 0 Å². The van der Waals surface area contributed by atoms with Gasteiger partial charge in [0.1, 0.15) is 11.5 Å². The highest BCUT2D eigenvalue weighted by molar-refractivity contribution is 5.87. The molecule has 2 fully saturated rings. The molecular formula is C20H26O3. The summed E-state index contributed by atoms with van der Waals surface area (Å²) in [5.41, 5.74) is 2.57. The van der Waals surface area contributed by atoms with Gasteiger partial charge >= 0.3 is 0 Å². The predicted octanol–water partition coefficient (Wildman–Crippen LogP) is 3.69. The maximum Gasteiger partial charge on any atom is 0.139 e. The van der Waals surface area contributed by atoms with Gasteiger partial charge in [-0.05, 0) is 72.6 Å². The number of ether oxygens (including phenoxy) is 1. The number of aromatic hydroxyl groups is 1. The Kier molecular flexibility index (Phi) is 3.53.